The maximum Gasteiger partial charge on any atom is 0.251 e. The molecule has 0 heterocycles. The van der Waals surface area contributed by atoms with E-state index in [4.69, 9.17) is 5.11 Å². The molecule has 0 aliphatic rings. The third-order valence-electron chi connectivity index (χ3n) is 2.97. The van der Waals surface area contributed by atoms with Crippen molar-refractivity contribution in [1.82, 2.24) is 5.32 Å². The summed E-state index contributed by atoms with van der Waals surface area (Å²) in [6, 6.07) is 4.57. The van der Waals surface area contributed by atoms with Crippen molar-refractivity contribution in [2.24, 2.45) is 0 Å². The first-order chi connectivity index (χ1) is 8.85. The van der Waals surface area contributed by atoms with Gasteiger partial charge in [0.1, 0.15) is 5.75 Å². The lowest BCUT2D eigenvalue weighted by Gasteiger charge is -2.23. The number of rotatable bonds is 6. The van der Waals surface area contributed by atoms with Gasteiger partial charge in [-0.25, -0.2) is 0 Å². The number of hydrogen-bond acceptors (Lipinski definition) is 4. The summed E-state index contributed by atoms with van der Waals surface area (Å²) in [6.07, 6.45) is 0.886. The molecule has 0 bridgehead atoms. The van der Waals surface area contributed by atoms with Crippen molar-refractivity contribution in [2.45, 2.75) is 32.3 Å². The zero-order chi connectivity index (χ0) is 14.5. The van der Waals surface area contributed by atoms with Crippen molar-refractivity contribution in [3.63, 3.8) is 0 Å². The Morgan fingerprint density at radius 3 is 2.74 bits per heavy atom. The van der Waals surface area contributed by atoms with Gasteiger partial charge in [0.05, 0.1) is 5.60 Å². The average Bonchev–Trinajstić information content (AvgIpc) is 2.36. The van der Waals surface area contributed by atoms with Gasteiger partial charge in [-0.05, 0) is 44.4 Å². The minimum Gasteiger partial charge on any atom is -0.508 e. The van der Waals surface area contributed by atoms with Gasteiger partial charge < -0.3 is 20.6 Å². The van der Waals surface area contributed by atoms with Crippen LogP contribution in [-0.2, 0) is 0 Å². The number of benzene rings is 1. The lowest BCUT2D eigenvalue weighted by molar-refractivity contribution is 0.0415. The SMILES string of the molecule is Cc1ccc(O)cc1C(=O)NCC(C)(O)CCCO. The van der Waals surface area contributed by atoms with Gasteiger partial charge in [-0.15, -0.1) is 0 Å². The third kappa shape index (κ3) is 4.89. The Morgan fingerprint density at radius 2 is 2.11 bits per heavy atom. The molecule has 0 spiro atoms. The molecule has 1 rings (SSSR count). The van der Waals surface area contributed by atoms with E-state index in [0.717, 1.165) is 5.56 Å². The smallest absolute Gasteiger partial charge is 0.251 e. The number of phenolic OH excluding ortho intramolecular Hbond substituents is 1. The van der Waals surface area contributed by atoms with Gasteiger partial charge in [0.15, 0.2) is 0 Å². The number of aliphatic hydroxyl groups is 2. The number of hydrogen-bond donors (Lipinski definition) is 4. The normalized spacial score (nSPS) is 13.9. The highest BCUT2D eigenvalue weighted by Crippen LogP contribution is 2.16. The summed E-state index contributed by atoms with van der Waals surface area (Å²) in [6.45, 7) is 3.49. The summed E-state index contributed by atoms with van der Waals surface area (Å²) >= 11 is 0. The fourth-order valence-electron chi connectivity index (χ4n) is 1.77. The standard InChI is InChI=1S/C14H21NO4/c1-10-4-5-11(17)8-12(10)13(18)15-9-14(2,19)6-3-7-16/h4-5,8,16-17,19H,3,6-7,9H2,1-2H3,(H,15,18). The molecule has 1 unspecified atom stereocenters. The molecule has 0 aromatic heterocycles. The van der Waals surface area contributed by atoms with Gasteiger partial charge in [0.2, 0.25) is 0 Å². The van der Waals surface area contributed by atoms with E-state index < -0.39 is 5.60 Å². The van der Waals surface area contributed by atoms with E-state index in [0.29, 0.717) is 18.4 Å². The summed E-state index contributed by atoms with van der Waals surface area (Å²) in [5, 5.41) is 30.7. The van der Waals surface area contributed by atoms with Gasteiger partial charge in [0.25, 0.3) is 5.91 Å². The van der Waals surface area contributed by atoms with Crippen molar-refractivity contribution in [3.05, 3.63) is 29.3 Å². The Bertz CT molecular complexity index is 443. The number of carbonyl (C=O) groups is 1. The highest BCUT2D eigenvalue weighted by atomic mass is 16.3. The van der Waals surface area contributed by atoms with E-state index in [2.05, 4.69) is 5.32 Å². The van der Waals surface area contributed by atoms with Crippen molar-refractivity contribution in [3.8, 4) is 5.75 Å². The van der Waals surface area contributed by atoms with Crippen LogP contribution in [0.15, 0.2) is 18.2 Å². The molecule has 0 fully saturated rings. The predicted octanol–water partition coefficient (Wildman–Crippen LogP) is 0.954. The van der Waals surface area contributed by atoms with E-state index >= 15 is 0 Å². The van der Waals surface area contributed by atoms with Crippen molar-refractivity contribution in [1.29, 1.82) is 0 Å². The van der Waals surface area contributed by atoms with Crippen LogP contribution in [0.2, 0.25) is 0 Å². The summed E-state index contributed by atoms with van der Waals surface area (Å²) in [7, 11) is 0. The summed E-state index contributed by atoms with van der Waals surface area (Å²) < 4.78 is 0. The topological polar surface area (TPSA) is 89.8 Å². The maximum atomic E-state index is 12.0. The Hall–Kier alpha value is -1.59. The van der Waals surface area contributed by atoms with Crippen LogP contribution in [0.5, 0.6) is 5.75 Å². The molecule has 5 heteroatoms. The number of aliphatic hydroxyl groups excluding tert-OH is 1. The molecular formula is C14H21NO4. The van der Waals surface area contributed by atoms with Crippen molar-refractivity contribution < 1.29 is 20.1 Å². The van der Waals surface area contributed by atoms with E-state index in [9.17, 15) is 15.0 Å². The van der Waals surface area contributed by atoms with Crippen molar-refractivity contribution in [2.75, 3.05) is 13.2 Å². The van der Waals surface area contributed by atoms with E-state index in [1.807, 2.05) is 0 Å². The Balaban J connectivity index is 2.62. The molecule has 0 radical (unpaired) electrons. The van der Waals surface area contributed by atoms with Crippen LogP contribution >= 0.6 is 0 Å². The summed E-state index contributed by atoms with van der Waals surface area (Å²) in [5.74, 6) is -0.305. The summed E-state index contributed by atoms with van der Waals surface area (Å²) in [5.41, 5.74) is 0.0894. The Kier molecular flexibility index (Phi) is 5.32. The molecular weight excluding hydrogens is 246 g/mol. The van der Waals surface area contributed by atoms with E-state index in [1.165, 1.54) is 12.1 Å². The monoisotopic (exact) mass is 267 g/mol. The average molecular weight is 267 g/mol. The van der Waals surface area contributed by atoms with E-state index in [-0.39, 0.29) is 24.8 Å². The van der Waals surface area contributed by atoms with Crippen LogP contribution in [0, 0.1) is 6.92 Å². The quantitative estimate of drug-likeness (QED) is 0.618. The van der Waals surface area contributed by atoms with Crippen LogP contribution in [-0.4, -0.2) is 40.0 Å². The molecule has 1 aromatic carbocycles. The molecule has 0 aliphatic heterocycles. The number of carbonyl (C=O) groups excluding carboxylic acids is 1. The molecule has 0 saturated carbocycles. The van der Waals surface area contributed by atoms with Crippen LogP contribution in [0.3, 0.4) is 0 Å². The molecule has 1 atom stereocenters. The fourth-order valence-corrected chi connectivity index (χ4v) is 1.77. The second-order valence-electron chi connectivity index (χ2n) is 5.01. The van der Waals surface area contributed by atoms with Gasteiger partial charge in [-0.3, -0.25) is 4.79 Å². The first-order valence-corrected chi connectivity index (χ1v) is 6.27. The molecule has 19 heavy (non-hydrogen) atoms. The van der Waals surface area contributed by atoms with Crippen molar-refractivity contribution >= 4 is 5.91 Å². The van der Waals surface area contributed by atoms with Crippen LogP contribution < -0.4 is 5.32 Å². The zero-order valence-electron chi connectivity index (χ0n) is 11.3. The van der Waals surface area contributed by atoms with Gasteiger partial charge in [-0.1, -0.05) is 6.07 Å². The third-order valence-corrected chi connectivity index (χ3v) is 2.97. The fraction of sp³-hybridized carbons (Fsp3) is 0.500. The first kappa shape index (κ1) is 15.5. The predicted molar refractivity (Wildman–Crippen MR) is 72.1 cm³/mol. The van der Waals surface area contributed by atoms with Crippen LogP contribution in [0.1, 0.15) is 35.7 Å². The zero-order valence-corrected chi connectivity index (χ0v) is 11.3. The minimum absolute atomic E-state index is 0.00968. The Morgan fingerprint density at radius 1 is 1.42 bits per heavy atom. The highest BCUT2D eigenvalue weighted by Gasteiger charge is 2.21. The van der Waals surface area contributed by atoms with Gasteiger partial charge >= 0.3 is 0 Å². The first-order valence-electron chi connectivity index (χ1n) is 6.27. The van der Waals surface area contributed by atoms with Crippen LogP contribution in [0.4, 0.5) is 0 Å². The second kappa shape index (κ2) is 6.54. The van der Waals surface area contributed by atoms with Crippen LogP contribution in [0.25, 0.3) is 0 Å². The van der Waals surface area contributed by atoms with Gasteiger partial charge in [-0.2, -0.15) is 0 Å². The lowest BCUT2D eigenvalue weighted by atomic mass is 10.00. The lowest BCUT2D eigenvalue weighted by Crippen LogP contribution is -2.40. The number of phenols is 1. The largest absolute Gasteiger partial charge is 0.508 e. The molecule has 4 N–H and O–H groups in total. The minimum atomic E-state index is -1.05. The maximum absolute atomic E-state index is 12.0. The second-order valence-corrected chi connectivity index (χ2v) is 5.01. The molecule has 1 aromatic rings. The molecule has 0 aliphatic carbocycles. The molecule has 0 saturated heterocycles. The number of amides is 1. The molecule has 106 valence electrons. The number of nitrogens with one attached hydrogen (secondary N) is 1. The van der Waals surface area contributed by atoms with E-state index in [1.54, 1.807) is 19.9 Å². The molecule has 5 nitrogen and oxygen atoms in total. The summed E-state index contributed by atoms with van der Waals surface area (Å²) in [4.78, 5) is 12.0. The number of aryl methyl sites for hydroxylation is 1. The van der Waals surface area contributed by atoms with Gasteiger partial charge in [0, 0.05) is 18.7 Å². The Labute approximate surface area is 112 Å². The molecule has 1 amide bonds. The highest BCUT2D eigenvalue weighted by molar-refractivity contribution is 5.96. The number of aromatic hydroxyl groups is 1.